The minimum absolute atomic E-state index is 0.148. The maximum Gasteiger partial charge on any atom is 0.220 e. The van der Waals surface area contributed by atoms with Gasteiger partial charge in [-0.25, -0.2) is 0 Å². The fraction of sp³-hybridized carbons (Fsp3) is 0.917. The van der Waals surface area contributed by atoms with Gasteiger partial charge in [-0.3, -0.25) is 4.79 Å². The lowest BCUT2D eigenvalue weighted by Crippen LogP contribution is -2.58. The molecule has 0 aromatic rings. The highest BCUT2D eigenvalue weighted by atomic mass is 16.8. The Hall–Kier alpha value is -0.730. The molecule has 3 saturated heterocycles. The van der Waals surface area contributed by atoms with Crippen molar-refractivity contribution < 1.29 is 29.2 Å². The molecule has 1 amide bonds. The summed E-state index contributed by atoms with van der Waals surface area (Å²) in [7, 11) is 0. The second-order valence-corrected chi connectivity index (χ2v) is 5.76. The van der Waals surface area contributed by atoms with Gasteiger partial charge in [-0.15, -0.1) is 0 Å². The first-order valence-electron chi connectivity index (χ1n) is 6.54. The molecule has 3 fully saturated rings. The van der Waals surface area contributed by atoms with E-state index in [1.807, 2.05) is 0 Å². The van der Waals surface area contributed by atoms with Crippen LogP contribution < -0.4 is 5.32 Å². The first-order valence-corrected chi connectivity index (χ1v) is 6.54. The number of rotatable bonds is 1. The smallest absolute Gasteiger partial charge is 0.220 e. The van der Waals surface area contributed by atoms with E-state index in [0.717, 1.165) is 0 Å². The molecule has 0 bridgehead atoms. The molecule has 0 aliphatic carbocycles. The standard InChI is InChI=1S/C12H19NO6/c1-12(2)18-10-8(16)9(17-11(10)19-12)7-5(14)3-4-6(15)13-7/h5,7-11,14,16H,3-4H2,1-2H3,(H,13,15)/t5-,7-,8-,9+,10+,11+/m0/s1. The van der Waals surface area contributed by atoms with Crippen molar-refractivity contribution in [1.82, 2.24) is 5.32 Å². The van der Waals surface area contributed by atoms with Crippen LogP contribution in [0.3, 0.4) is 0 Å². The summed E-state index contributed by atoms with van der Waals surface area (Å²) in [4.78, 5) is 11.4. The van der Waals surface area contributed by atoms with Crippen molar-refractivity contribution in [2.24, 2.45) is 0 Å². The lowest BCUT2D eigenvalue weighted by atomic mass is 9.93. The summed E-state index contributed by atoms with van der Waals surface area (Å²) >= 11 is 0. The van der Waals surface area contributed by atoms with Gasteiger partial charge in [0.25, 0.3) is 0 Å². The largest absolute Gasteiger partial charge is 0.391 e. The van der Waals surface area contributed by atoms with Crippen LogP contribution >= 0.6 is 0 Å². The molecular weight excluding hydrogens is 254 g/mol. The average Bonchev–Trinajstić information content (AvgIpc) is 2.77. The number of carbonyl (C=O) groups is 1. The van der Waals surface area contributed by atoms with Gasteiger partial charge < -0.3 is 29.7 Å². The molecule has 6 atom stereocenters. The van der Waals surface area contributed by atoms with Crippen molar-refractivity contribution >= 4 is 5.91 Å². The Kier molecular flexibility index (Phi) is 3.06. The highest BCUT2D eigenvalue weighted by molar-refractivity contribution is 5.77. The van der Waals surface area contributed by atoms with E-state index in [0.29, 0.717) is 6.42 Å². The maximum atomic E-state index is 11.4. The van der Waals surface area contributed by atoms with Gasteiger partial charge >= 0.3 is 0 Å². The van der Waals surface area contributed by atoms with E-state index in [1.165, 1.54) is 0 Å². The lowest BCUT2D eigenvalue weighted by molar-refractivity contribution is -0.221. The highest BCUT2D eigenvalue weighted by Gasteiger charge is 2.57. The number of carbonyl (C=O) groups excluding carboxylic acids is 1. The fourth-order valence-electron chi connectivity index (χ4n) is 2.93. The van der Waals surface area contributed by atoms with E-state index < -0.39 is 42.5 Å². The van der Waals surface area contributed by atoms with Crippen LogP contribution in [0.1, 0.15) is 26.7 Å². The van der Waals surface area contributed by atoms with Gasteiger partial charge in [-0.05, 0) is 20.3 Å². The van der Waals surface area contributed by atoms with E-state index in [9.17, 15) is 15.0 Å². The molecular formula is C12H19NO6. The van der Waals surface area contributed by atoms with Crippen LogP contribution in [0, 0.1) is 0 Å². The lowest BCUT2D eigenvalue weighted by Gasteiger charge is -2.34. The van der Waals surface area contributed by atoms with Crippen LogP contribution in [0.25, 0.3) is 0 Å². The Balaban J connectivity index is 1.73. The van der Waals surface area contributed by atoms with Crippen LogP contribution in [0.2, 0.25) is 0 Å². The number of aliphatic hydroxyl groups is 2. The minimum Gasteiger partial charge on any atom is -0.391 e. The first kappa shape index (κ1) is 13.3. The number of amides is 1. The monoisotopic (exact) mass is 273 g/mol. The number of fused-ring (bicyclic) bond motifs is 1. The van der Waals surface area contributed by atoms with E-state index in [1.54, 1.807) is 13.8 Å². The summed E-state index contributed by atoms with van der Waals surface area (Å²) < 4.78 is 16.7. The molecule has 7 heteroatoms. The zero-order valence-electron chi connectivity index (χ0n) is 10.9. The molecule has 0 unspecified atom stereocenters. The first-order chi connectivity index (χ1) is 8.87. The predicted molar refractivity (Wildman–Crippen MR) is 61.9 cm³/mol. The molecule has 0 aromatic carbocycles. The fourth-order valence-corrected chi connectivity index (χ4v) is 2.93. The Morgan fingerprint density at radius 3 is 2.68 bits per heavy atom. The van der Waals surface area contributed by atoms with Gasteiger partial charge in [-0.1, -0.05) is 0 Å². The molecule has 19 heavy (non-hydrogen) atoms. The summed E-state index contributed by atoms with van der Waals surface area (Å²) in [6.45, 7) is 3.49. The van der Waals surface area contributed by atoms with Crippen molar-refractivity contribution in [3.63, 3.8) is 0 Å². The number of ether oxygens (including phenoxy) is 3. The predicted octanol–water partition coefficient (Wildman–Crippen LogP) is -1.14. The number of nitrogens with one attached hydrogen (secondary N) is 1. The van der Waals surface area contributed by atoms with Crippen molar-refractivity contribution in [3.05, 3.63) is 0 Å². The molecule has 3 aliphatic rings. The van der Waals surface area contributed by atoms with Crippen LogP contribution in [-0.4, -0.2) is 58.7 Å². The van der Waals surface area contributed by atoms with E-state index >= 15 is 0 Å². The van der Waals surface area contributed by atoms with Crippen molar-refractivity contribution in [3.8, 4) is 0 Å². The molecule has 0 aromatic heterocycles. The summed E-state index contributed by atoms with van der Waals surface area (Å²) in [5.41, 5.74) is 0. The SMILES string of the molecule is CC1(C)O[C@H]2O[C@H]([C@H]3NC(=O)CC[C@@H]3O)[C@H](O)[C@H]2O1. The molecule has 3 N–H and O–H groups in total. The third-order valence-corrected chi connectivity index (χ3v) is 3.82. The summed E-state index contributed by atoms with van der Waals surface area (Å²) in [5.74, 6) is -0.944. The minimum atomic E-state index is -0.940. The summed E-state index contributed by atoms with van der Waals surface area (Å²) in [5, 5.41) is 22.9. The van der Waals surface area contributed by atoms with E-state index in [2.05, 4.69) is 5.32 Å². The van der Waals surface area contributed by atoms with Crippen LogP contribution in [-0.2, 0) is 19.0 Å². The van der Waals surface area contributed by atoms with Crippen LogP contribution in [0.4, 0.5) is 0 Å². The van der Waals surface area contributed by atoms with Gasteiger partial charge in [0.2, 0.25) is 5.91 Å². The normalized spacial score (nSPS) is 48.9. The van der Waals surface area contributed by atoms with Gasteiger partial charge in [0.15, 0.2) is 12.1 Å². The van der Waals surface area contributed by atoms with Crippen molar-refractivity contribution in [2.75, 3.05) is 0 Å². The quantitative estimate of drug-likeness (QED) is 0.559. The number of aliphatic hydroxyl groups excluding tert-OH is 2. The van der Waals surface area contributed by atoms with Crippen LogP contribution in [0.5, 0.6) is 0 Å². The molecule has 7 nitrogen and oxygen atoms in total. The maximum absolute atomic E-state index is 11.4. The third-order valence-electron chi connectivity index (χ3n) is 3.82. The molecule has 3 rings (SSSR count). The Labute approximate surface area is 110 Å². The molecule has 108 valence electrons. The topological polar surface area (TPSA) is 97.3 Å². The second-order valence-electron chi connectivity index (χ2n) is 5.76. The zero-order valence-corrected chi connectivity index (χ0v) is 10.9. The molecule has 0 saturated carbocycles. The average molecular weight is 273 g/mol. The zero-order chi connectivity index (χ0) is 13.8. The summed E-state index contributed by atoms with van der Waals surface area (Å²) in [6.07, 6.45) is -3.00. The third kappa shape index (κ3) is 2.25. The molecule has 3 heterocycles. The Morgan fingerprint density at radius 2 is 2.00 bits per heavy atom. The van der Waals surface area contributed by atoms with E-state index in [-0.39, 0.29) is 12.3 Å². The van der Waals surface area contributed by atoms with E-state index in [4.69, 9.17) is 14.2 Å². The molecule has 3 aliphatic heterocycles. The van der Waals surface area contributed by atoms with Gasteiger partial charge in [0, 0.05) is 6.42 Å². The summed E-state index contributed by atoms with van der Waals surface area (Å²) in [6, 6.07) is -0.628. The second kappa shape index (κ2) is 4.39. The number of hydrogen-bond donors (Lipinski definition) is 3. The molecule has 0 spiro atoms. The Morgan fingerprint density at radius 1 is 1.26 bits per heavy atom. The van der Waals surface area contributed by atoms with Crippen molar-refractivity contribution in [1.29, 1.82) is 0 Å². The van der Waals surface area contributed by atoms with Gasteiger partial charge in [-0.2, -0.15) is 0 Å². The number of piperidine rings is 1. The number of hydrogen-bond acceptors (Lipinski definition) is 6. The molecule has 0 radical (unpaired) electrons. The van der Waals surface area contributed by atoms with Gasteiger partial charge in [0.1, 0.15) is 18.3 Å². The van der Waals surface area contributed by atoms with Crippen molar-refractivity contribution in [2.45, 2.75) is 69.2 Å². The van der Waals surface area contributed by atoms with Gasteiger partial charge in [0.05, 0.1) is 12.1 Å². The Bertz CT molecular complexity index is 386. The van der Waals surface area contributed by atoms with Crippen LogP contribution in [0.15, 0.2) is 0 Å². The highest BCUT2D eigenvalue weighted by Crippen LogP contribution is 2.39.